The number of amidine groups is 1. The maximum Gasteiger partial charge on any atom is 0.172 e. The van der Waals surface area contributed by atoms with Crippen LogP contribution < -0.4 is 10.6 Å². The molecule has 19 heavy (non-hydrogen) atoms. The third-order valence-corrected chi connectivity index (χ3v) is 4.00. The molecule has 1 aliphatic rings. The number of aliphatic hydroxyl groups excluding tert-OH is 1. The molecule has 0 unspecified atom stereocenters. The van der Waals surface area contributed by atoms with Crippen molar-refractivity contribution in [3.05, 3.63) is 28.2 Å². The monoisotopic (exact) mass is 327 g/mol. The molecule has 0 amide bonds. The van der Waals surface area contributed by atoms with Crippen LogP contribution in [0, 0.1) is 0 Å². The Morgan fingerprint density at radius 3 is 2.74 bits per heavy atom. The van der Waals surface area contributed by atoms with Gasteiger partial charge >= 0.3 is 0 Å². The highest BCUT2D eigenvalue weighted by molar-refractivity contribution is 9.10. The first-order valence-corrected chi connectivity index (χ1v) is 7.11. The Morgan fingerprint density at radius 2 is 2.21 bits per heavy atom. The van der Waals surface area contributed by atoms with Gasteiger partial charge in [0, 0.05) is 28.3 Å². The highest BCUT2D eigenvalue weighted by Gasteiger charge is 2.27. The number of hydrogen-bond acceptors (Lipinski definition) is 4. The van der Waals surface area contributed by atoms with E-state index in [1.807, 2.05) is 18.2 Å². The molecular formula is C13H18BrN3O2. The van der Waals surface area contributed by atoms with Gasteiger partial charge in [0.05, 0.1) is 6.61 Å². The second-order valence-electron chi connectivity index (χ2n) is 4.65. The van der Waals surface area contributed by atoms with Crippen molar-refractivity contribution in [1.29, 1.82) is 0 Å². The minimum atomic E-state index is 0.0820. The van der Waals surface area contributed by atoms with Gasteiger partial charge in [-0.25, -0.2) is 0 Å². The number of nitrogens with zero attached hydrogens (tertiary/aromatic N) is 2. The maximum atomic E-state index is 9.26. The van der Waals surface area contributed by atoms with Crippen molar-refractivity contribution in [2.24, 2.45) is 10.9 Å². The van der Waals surface area contributed by atoms with Gasteiger partial charge in [0.1, 0.15) is 0 Å². The zero-order valence-electron chi connectivity index (χ0n) is 10.6. The molecule has 104 valence electrons. The number of benzene rings is 1. The van der Waals surface area contributed by atoms with Crippen molar-refractivity contribution < 1.29 is 10.3 Å². The maximum absolute atomic E-state index is 9.26. The summed E-state index contributed by atoms with van der Waals surface area (Å²) in [4.78, 5) is 2.14. The van der Waals surface area contributed by atoms with Gasteiger partial charge in [-0.05, 0) is 37.5 Å². The lowest BCUT2D eigenvalue weighted by Crippen LogP contribution is -2.43. The molecule has 1 aliphatic carbocycles. The molecule has 0 aromatic heterocycles. The van der Waals surface area contributed by atoms with Gasteiger partial charge in [0.2, 0.25) is 0 Å². The standard InChI is InChI=1S/C13H18BrN3O2/c14-9-4-5-11(13(15)16-19)12(8-9)17(6-7-18)10-2-1-3-10/h4-5,8,10,18-19H,1-3,6-7H2,(H2,15,16). The second-order valence-corrected chi connectivity index (χ2v) is 5.56. The van der Waals surface area contributed by atoms with E-state index >= 15 is 0 Å². The van der Waals surface area contributed by atoms with E-state index in [-0.39, 0.29) is 12.4 Å². The number of rotatable bonds is 5. The minimum absolute atomic E-state index is 0.0820. The quantitative estimate of drug-likeness (QED) is 0.334. The second kappa shape index (κ2) is 6.25. The molecule has 0 spiro atoms. The lowest BCUT2D eigenvalue weighted by Gasteiger charge is -2.40. The van der Waals surface area contributed by atoms with E-state index in [9.17, 15) is 5.11 Å². The predicted molar refractivity (Wildman–Crippen MR) is 78.7 cm³/mol. The molecule has 0 aliphatic heterocycles. The van der Waals surface area contributed by atoms with Crippen LogP contribution in [0.2, 0.25) is 0 Å². The molecule has 1 saturated carbocycles. The van der Waals surface area contributed by atoms with E-state index in [1.165, 1.54) is 6.42 Å². The summed E-state index contributed by atoms with van der Waals surface area (Å²) in [6, 6.07) is 6.04. The Labute approximate surface area is 120 Å². The van der Waals surface area contributed by atoms with Gasteiger partial charge in [-0.3, -0.25) is 0 Å². The molecule has 1 fully saturated rings. The Kier molecular flexibility index (Phi) is 4.66. The molecule has 1 aromatic rings. The average molecular weight is 328 g/mol. The van der Waals surface area contributed by atoms with Crippen LogP contribution in [0.3, 0.4) is 0 Å². The summed E-state index contributed by atoms with van der Waals surface area (Å²) in [7, 11) is 0. The number of aliphatic hydroxyl groups is 1. The van der Waals surface area contributed by atoms with Crippen LogP contribution in [0.5, 0.6) is 0 Å². The SMILES string of the molecule is N/C(=N/O)c1ccc(Br)cc1N(CCO)C1CCC1. The molecule has 0 bridgehead atoms. The van der Waals surface area contributed by atoms with Crippen LogP contribution in [-0.4, -0.2) is 35.3 Å². The van der Waals surface area contributed by atoms with Gasteiger partial charge in [-0.2, -0.15) is 0 Å². The molecule has 2 rings (SSSR count). The van der Waals surface area contributed by atoms with Crippen LogP contribution in [-0.2, 0) is 0 Å². The molecule has 1 aromatic carbocycles. The number of oxime groups is 1. The Morgan fingerprint density at radius 1 is 1.47 bits per heavy atom. The summed E-state index contributed by atoms with van der Waals surface area (Å²) < 4.78 is 0.930. The predicted octanol–water partition coefficient (Wildman–Crippen LogP) is 1.89. The van der Waals surface area contributed by atoms with E-state index in [2.05, 4.69) is 26.0 Å². The third kappa shape index (κ3) is 3.01. The Bertz CT molecular complexity index is 475. The average Bonchev–Trinajstić information content (AvgIpc) is 2.35. The summed E-state index contributed by atoms with van der Waals surface area (Å²) in [6.07, 6.45) is 3.43. The first kappa shape index (κ1) is 14.1. The molecular weight excluding hydrogens is 310 g/mol. The zero-order chi connectivity index (χ0) is 13.8. The van der Waals surface area contributed by atoms with Crippen LogP contribution in [0.4, 0.5) is 5.69 Å². The minimum Gasteiger partial charge on any atom is -0.409 e. The number of halogens is 1. The summed E-state index contributed by atoms with van der Waals surface area (Å²) >= 11 is 3.44. The van der Waals surface area contributed by atoms with Crippen LogP contribution in [0.25, 0.3) is 0 Å². The summed E-state index contributed by atoms with van der Waals surface area (Å²) in [6.45, 7) is 0.630. The first-order valence-electron chi connectivity index (χ1n) is 6.32. The van der Waals surface area contributed by atoms with Crippen LogP contribution >= 0.6 is 15.9 Å². The van der Waals surface area contributed by atoms with E-state index in [1.54, 1.807) is 0 Å². The molecule has 0 radical (unpaired) electrons. The Hall–Kier alpha value is -1.27. The first-order chi connectivity index (χ1) is 9.17. The van der Waals surface area contributed by atoms with Crippen molar-refractivity contribution >= 4 is 27.5 Å². The van der Waals surface area contributed by atoms with Crippen molar-refractivity contribution in [1.82, 2.24) is 0 Å². The van der Waals surface area contributed by atoms with E-state index in [4.69, 9.17) is 10.9 Å². The lowest BCUT2D eigenvalue weighted by molar-refractivity contribution is 0.283. The molecule has 0 saturated heterocycles. The third-order valence-electron chi connectivity index (χ3n) is 3.51. The topological polar surface area (TPSA) is 82.1 Å². The van der Waals surface area contributed by atoms with E-state index < -0.39 is 0 Å². The number of anilines is 1. The van der Waals surface area contributed by atoms with Gasteiger partial charge < -0.3 is 20.9 Å². The molecule has 5 nitrogen and oxygen atoms in total. The lowest BCUT2D eigenvalue weighted by atomic mass is 9.90. The fourth-order valence-electron chi connectivity index (χ4n) is 2.32. The molecule has 0 atom stereocenters. The number of hydrogen-bond donors (Lipinski definition) is 3. The van der Waals surface area contributed by atoms with Gasteiger partial charge in [0.25, 0.3) is 0 Å². The smallest absolute Gasteiger partial charge is 0.172 e. The van der Waals surface area contributed by atoms with Gasteiger partial charge in [-0.15, -0.1) is 0 Å². The highest BCUT2D eigenvalue weighted by atomic mass is 79.9. The van der Waals surface area contributed by atoms with Crippen molar-refractivity contribution in [2.75, 3.05) is 18.1 Å². The van der Waals surface area contributed by atoms with Crippen molar-refractivity contribution in [3.8, 4) is 0 Å². The highest BCUT2D eigenvalue weighted by Crippen LogP contribution is 2.33. The van der Waals surface area contributed by atoms with Crippen LogP contribution in [0.1, 0.15) is 24.8 Å². The zero-order valence-corrected chi connectivity index (χ0v) is 12.2. The van der Waals surface area contributed by atoms with Gasteiger partial charge in [-0.1, -0.05) is 21.1 Å². The molecule has 4 N–H and O–H groups in total. The molecule has 6 heteroatoms. The number of nitrogens with two attached hydrogens (primary N) is 1. The van der Waals surface area contributed by atoms with Crippen LogP contribution in [0.15, 0.2) is 27.8 Å². The fraction of sp³-hybridized carbons (Fsp3) is 0.462. The van der Waals surface area contributed by atoms with E-state index in [0.717, 1.165) is 23.0 Å². The van der Waals surface area contributed by atoms with Crippen molar-refractivity contribution in [3.63, 3.8) is 0 Å². The summed E-state index contributed by atoms with van der Waals surface area (Å²) in [5.74, 6) is 0.0877. The summed E-state index contributed by atoms with van der Waals surface area (Å²) in [5.41, 5.74) is 7.31. The largest absolute Gasteiger partial charge is 0.409 e. The fourth-order valence-corrected chi connectivity index (χ4v) is 2.67. The summed E-state index contributed by atoms with van der Waals surface area (Å²) in [5, 5.41) is 21.2. The van der Waals surface area contributed by atoms with E-state index in [0.29, 0.717) is 18.2 Å². The Balaban J connectivity index is 2.41. The normalized spacial score (nSPS) is 16.2. The van der Waals surface area contributed by atoms with Crippen molar-refractivity contribution in [2.45, 2.75) is 25.3 Å². The molecule has 0 heterocycles. The van der Waals surface area contributed by atoms with Gasteiger partial charge in [0.15, 0.2) is 5.84 Å².